The first-order chi connectivity index (χ1) is 13.0. The third kappa shape index (κ3) is 5.00. The highest BCUT2D eigenvalue weighted by molar-refractivity contribution is 8.18. The van der Waals surface area contributed by atoms with Crippen molar-refractivity contribution in [3.8, 4) is 0 Å². The molecule has 1 aromatic carbocycles. The van der Waals surface area contributed by atoms with Crippen LogP contribution in [0.5, 0.6) is 0 Å². The van der Waals surface area contributed by atoms with Crippen LogP contribution in [0.2, 0.25) is 0 Å². The fraction of sp³-hybridized carbons (Fsp3) is 0.600. The number of rotatable bonds is 6. The van der Waals surface area contributed by atoms with Crippen LogP contribution in [0.15, 0.2) is 30.3 Å². The number of thioether (sulfide) groups is 2. The van der Waals surface area contributed by atoms with Crippen LogP contribution in [-0.2, 0) is 14.3 Å². The van der Waals surface area contributed by atoms with E-state index < -0.39 is 0 Å². The molecule has 1 spiro atoms. The van der Waals surface area contributed by atoms with Crippen molar-refractivity contribution in [3.63, 3.8) is 0 Å². The van der Waals surface area contributed by atoms with Crippen LogP contribution in [0.25, 0.3) is 0 Å². The van der Waals surface area contributed by atoms with E-state index in [1.54, 1.807) is 7.11 Å². The minimum atomic E-state index is -0.275. The van der Waals surface area contributed by atoms with Gasteiger partial charge in [-0.3, -0.25) is 9.59 Å². The van der Waals surface area contributed by atoms with Gasteiger partial charge in [-0.1, -0.05) is 30.3 Å². The molecule has 2 atom stereocenters. The summed E-state index contributed by atoms with van der Waals surface area (Å²) in [5.74, 6) is 1.89. The number of amides is 2. The lowest BCUT2D eigenvalue weighted by Gasteiger charge is -2.31. The zero-order valence-electron chi connectivity index (χ0n) is 16.0. The third-order valence-corrected chi connectivity index (χ3v) is 8.54. The molecule has 0 bridgehead atoms. The zero-order chi connectivity index (χ0) is 19.3. The standard InChI is InChI=1S/C20H28N2O3S2/c1-15(16-7-4-3-5-8-16)19(24)21-12-18(23)22-14-20(11-17(22)13-25-2)26-9-6-10-27-20/h3-5,7-8,15,17H,6,9-14H2,1-2H3,(H,21,24)/t15?,17-/m0/s1. The second-order valence-corrected chi connectivity index (χ2v) is 10.4. The summed E-state index contributed by atoms with van der Waals surface area (Å²) >= 11 is 3.95. The Morgan fingerprint density at radius 2 is 2.00 bits per heavy atom. The van der Waals surface area contributed by atoms with E-state index in [1.165, 1.54) is 6.42 Å². The molecule has 0 saturated carbocycles. The summed E-state index contributed by atoms with van der Waals surface area (Å²) in [7, 11) is 1.68. The molecule has 1 aromatic rings. The van der Waals surface area contributed by atoms with E-state index in [-0.39, 0.29) is 34.4 Å². The normalized spacial score (nSPS) is 22.6. The highest BCUT2D eigenvalue weighted by Gasteiger charge is 2.47. The molecule has 5 nitrogen and oxygen atoms in total. The molecule has 148 valence electrons. The molecule has 2 saturated heterocycles. The Kier molecular flexibility index (Phi) is 7.11. The summed E-state index contributed by atoms with van der Waals surface area (Å²) in [5, 5.41) is 2.83. The van der Waals surface area contributed by atoms with Gasteiger partial charge in [0.2, 0.25) is 11.8 Å². The van der Waals surface area contributed by atoms with Crippen LogP contribution in [0.3, 0.4) is 0 Å². The van der Waals surface area contributed by atoms with Gasteiger partial charge in [0.1, 0.15) is 0 Å². The Bertz CT molecular complexity index is 650. The van der Waals surface area contributed by atoms with Gasteiger partial charge >= 0.3 is 0 Å². The van der Waals surface area contributed by atoms with Crippen LogP contribution in [0.1, 0.15) is 31.2 Å². The number of methoxy groups -OCH3 is 1. The number of carbonyl (C=O) groups excluding carboxylic acids is 2. The molecule has 2 heterocycles. The van der Waals surface area contributed by atoms with Gasteiger partial charge in [0.05, 0.1) is 29.2 Å². The van der Waals surface area contributed by atoms with E-state index in [0.717, 1.165) is 30.0 Å². The quantitative estimate of drug-likeness (QED) is 0.784. The van der Waals surface area contributed by atoms with E-state index in [2.05, 4.69) is 5.32 Å². The monoisotopic (exact) mass is 408 g/mol. The van der Waals surface area contributed by atoms with Gasteiger partial charge < -0.3 is 15.0 Å². The number of ether oxygens (including phenoxy) is 1. The lowest BCUT2D eigenvalue weighted by Crippen LogP contribution is -2.45. The van der Waals surface area contributed by atoms with Crippen molar-refractivity contribution in [1.29, 1.82) is 0 Å². The molecule has 0 aromatic heterocycles. The molecule has 2 aliphatic heterocycles. The summed E-state index contributed by atoms with van der Waals surface area (Å²) in [6.45, 7) is 3.19. The Balaban J connectivity index is 1.58. The predicted molar refractivity (Wildman–Crippen MR) is 112 cm³/mol. The lowest BCUT2D eigenvalue weighted by molar-refractivity contribution is -0.134. The van der Waals surface area contributed by atoms with Crippen LogP contribution in [0.4, 0.5) is 0 Å². The van der Waals surface area contributed by atoms with Crippen molar-refractivity contribution in [1.82, 2.24) is 10.2 Å². The van der Waals surface area contributed by atoms with Gasteiger partial charge in [-0.25, -0.2) is 0 Å². The molecular weight excluding hydrogens is 380 g/mol. The lowest BCUT2D eigenvalue weighted by atomic mass is 10.0. The van der Waals surface area contributed by atoms with Crippen LogP contribution < -0.4 is 5.32 Å². The first-order valence-electron chi connectivity index (χ1n) is 9.43. The highest BCUT2D eigenvalue weighted by atomic mass is 32.2. The molecule has 1 N–H and O–H groups in total. The summed E-state index contributed by atoms with van der Waals surface area (Å²) < 4.78 is 5.46. The zero-order valence-corrected chi connectivity index (χ0v) is 17.6. The van der Waals surface area contributed by atoms with E-state index in [9.17, 15) is 9.59 Å². The summed E-state index contributed by atoms with van der Waals surface area (Å²) in [6.07, 6.45) is 2.18. The largest absolute Gasteiger partial charge is 0.383 e. The Morgan fingerprint density at radius 3 is 2.67 bits per heavy atom. The smallest absolute Gasteiger partial charge is 0.242 e. The maximum atomic E-state index is 12.9. The number of likely N-dealkylation sites (tertiary alicyclic amines) is 1. The first kappa shape index (κ1) is 20.6. The Labute approximate surface area is 170 Å². The number of carbonyl (C=O) groups is 2. The summed E-state index contributed by atoms with van der Waals surface area (Å²) in [4.78, 5) is 27.2. The number of benzene rings is 1. The second kappa shape index (κ2) is 9.34. The molecular formula is C20H28N2O3S2. The fourth-order valence-corrected chi connectivity index (χ4v) is 7.11. The second-order valence-electron chi connectivity index (χ2n) is 7.15. The van der Waals surface area contributed by atoms with Crippen molar-refractivity contribution in [3.05, 3.63) is 35.9 Å². The van der Waals surface area contributed by atoms with E-state index in [1.807, 2.05) is 65.7 Å². The average Bonchev–Trinajstić information content (AvgIpc) is 3.04. The van der Waals surface area contributed by atoms with E-state index in [0.29, 0.717) is 6.61 Å². The topological polar surface area (TPSA) is 58.6 Å². The highest BCUT2D eigenvalue weighted by Crippen LogP contribution is 2.50. The fourth-order valence-electron chi connectivity index (χ4n) is 3.69. The third-order valence-electron chi connectivity index (χ3n) is 5.20. The van der Waals surface area contributed by atoms with Gasteiger partial charge in [0.25, 0.3) is 0 Å². The first-order valence-corrected chi connectivity index (χ1v) is 11.4. The minimum Gasteiger partial charge on any atom is -0.383 e. The van der Waals surface area contributed by atoms with Crippen molar-refractivity contribution in [2.24, 2.45) is 0 Å². The Hall–Kier alpha value is -1.18. The van der Waals surface area contributed by atoms with Gasteiger partial charge in [0, 0.05) is 13.7 Å². The Morgan fingerprint density at radius 1 is 1.30 bits per heavy atom. The minimum absolute atomic E-state index is 0.0192. The van der Waals surface area contributed by atoms with Crippen molar-refractivity contribution in [2.45, 2.75) is 35.8 Å². The molecule has 7 heteroatoms. The number of hydrogen-bond acceptors (Lipinski definition) is 5. The van der Waals surface area contributed by atoms with Crippen LogP contribution >= 0.6 is 23.5 Å². The molecule has 27 heavy (non-hydrogen) atoms. The molecule has 0 radical (unpaired) electrons. The van der Waals surface area contributed by atoms with Gasteiger partial charge in [0.15, 0.2) is 0 Å². The molecule has 3 rings (SSSR count). The van der Waals surface area contributed by atoms with Crippen molar-refractivity contribution in [2.75, 3.05) is 38.3 Å². The van der Waals surface area contributed by atoms with Crippen molar-refractivity contribution < 1.29 is 14.3 Å². The summed E-state index contributed by atoms with van der Waals surface area (Å²) in [6, 6.07) is 9.72. The molecule has 2 amide bonds. The molecule has 0 aliphatic carbocycles. The number of nitrogens with one attached hydrogen (secondary N) is 1. The van der Waals surface area contributed by atoms with Gasteiger partial charge in [-0.15, -0.1) is 23.5 Å². The van der Waals surface area contributed by atoms with Crippen LogP contribution in [-0.4, -0.2) is 65.1 Å². The van der Waals surface area contributed by atoms with Crippen molar-refractivity contribution >= 4 is 35.3 Å². The maximum Gasteiger partial charge on any atom is 0.242 e. The number of hydrogen-bond donors (Lipinski definition) is 1. The molecule has 2 fully saturated rings. The summed E-state index contributed by atoms with van der Waals surface area (Å²) in [5.41, 5.74) is 0.954. The van der Waals surface area contributed by atoms with E-state index in [4.69, 9.17) is 4.74 Å². The maximum absolute atomic E-state index is 12.9. The number of nitrogens with zero attached hydrogens (tertiary/aromatic N) is 1. The predicted octanol–water partition coefficient (Wildman–Crippen LogP) is 2.72. The van der Waals surface area contributed by atoms with E-state index >= 15 is 0 Å². The SMILES string of the molecule is COC[C@@H]1CC2(CN1C(=O)CNC(=O)C(C)c1ccccc1)SCCCS2. The molecule has 2 aliphatic rings. The molecule has 1 unspecified atom stereocenters. The van der Waals surface area contributed by atoms with Gasteiger partial charge in [-0.2, -0.15) is 0 Å². The van der Waals surface area contributed by atoms with Gasteiger partial charge in [-0.05, 0) is 36.8 Å². The average molecular weight is 409 g/mol. The van der Waals surface area contributed by atoms with Crippen LogP contribution in [0, 0.1) is 0 Å².